The van der Waals surface area contributed by atoms with Crippen LogP contribution in [0.1, 0.15) is 251 Å². The van der Waals surface area contributed by atoms with Crippen LogP contribution < -0.4 is 32.3 Å². The van der Waals surface area contributed by atoms with Gasteiger partial charge in [-0.25, -0.2) is 0 Å². The monoisotopic (exact) mass is 1150 g/mol. The molecular formula is C64H108N8O10. The molecule has 0 bridgehead atoms. The lowest BCUT2D eigenvalue weighted by Gasteiger charge is -2.27. The molecular weight excluding hydrogens is 1040 g/mol. The van der Waals surface area contributed by atoms with Crippen LogP contribution >= 0.6 is 0 Å². The van der Waals surface area contributed by atoms with Gasteiger partial charge in [-0.2, -0.15) is 0 Å². The van der Waals surface area contributed by atoms with Crippen molar-refractivity contribution in [2.24, 2.45) is 5.73 Å². The van der Waals surface area contributed by atoms with E-state index in [1.165, 1.54) is 96.8 Å². The lowest BCUT2D eigenvalue weighted by molar-refractivity contribution is -0.145. The van der Waals surface area contributed by atoms with Crippen LogP contribution in [0.15, 0.2) is 30.3 Å². The molecule has 0 aliphatic carbocycles. The SMILES string of the molecule is CCCCCCCCCCCCCC(=O)N1CCCC1C(=O)NC(CCC(C)=O)C(=O)NCCCCC(NC(=O)C(CCC(=O)OCc1ccccc1)NC(=O)C1CCCN1C(=O)CCCCCCCCCCCCC)C(=O)NCCN. The van der Waals surface area contributed by atoms with E-state index in [-0.39, 0.29) is 75.9 Å². The topological polar surface area (TPSA) is 256 Å². The van der Waals surface area contributed by atoms with Gasteiger partial charge in [-0.3, -0.25) is 38.4 Å². The van der Waals surface area contributed by atoms with Gasteiger partial charge in [0.15, 0.2) is 0 Å². The van der Waals surface area contributed by atoms with E-state index in [1.54, 1.807) is 9.80 Å². The summed E-state index contributed by atoms with van der Waals surface area (Å²) in [5, 5.41) is 14.1. The van der Waals surface area contributed by atoms with Crippen LogP contribution in [0.4, 0.5) is 0 Å². The number of carbonyl (C=O) groups is 9. The van der Waals surface area contributed by atoms with Crippen molar-refractivity contribution in [2.75, 3.05) is 32.7 Å². The smallest absolute Gasteiger partial charge is 0.306 e. The zero-order chi connectivity index (χ0) is 59.6. The number of hydrogen-bond donors (Lipinski definition) is 6. The number of esters is 1. The minimum atomic E-state index is -1.25. The summed E-state index contributed by atoms with van der Waals surface area (Å²) in [6.07, 6.45) is 29.2. The Morgan fingerprint density at radius 1 is 0.500 bits per heavy atom. The zero-order valence-corrected chi connectivity index (χ0v) is 50.8. The third-order valence-electron chi connectivity index (χ3n) is 16.0. The summed E-state index contributed by atoms with van der Waals surface area (Å²) in [6.45, 7) is 7.24. The van der Waals surface area contributed by atoms with Crippen molar-refractivity contribution in [1.82, 2.24) is 36.4 Å². The molecule has 7 N–H and O–H groups in total. The lowest BCUT2D eigenvalue weighted by Crippen LogP contribution is -2.56. The molecule has 18 nitrogen and oxygen atoms in total. The molecule has 2 aliphatic heterocycles. The number of rotatable bonds is 47. The van der Waals surface area contributed by atoms with E-state index in [0.29, 0.717) is 64.5 Å². The van der Waals surface area contributed by atoms with Gasteiger partial charge in [-0.15, -0.1) is 0 Å². The van der Waals surface area contributed by atoms with Crippen LogP contribution in [0.2, 0.25) is 0 Å². The third-order valence-corrected chi connectivity index (χ3v) is 16.0. The second kappa shape index (κ2) is 44.2. The van der Waals surface area contributed by atoms with Gasteiger partial charge in [0, 0.05) is 58.4 Å². The highest BCUT2D eigenvalue weighted by atomic mass is 16.5. The zero-order valence-electron chi connectivity index (χ0n) is 50.8. The van der Waals surface area contributed by atoms with Gasteiger partial charge in [0.2, 0.25) is 41.4 Å². The number of benzene rings is 1. The average Bonchev–Trinajstić information content (AvgIpc) is 4.37. The molecule has 2 heterocycles. The number of carbonyl (C=O) groups excluding carboxylic acids is 9. The van der Waals surface area contributed by atoms with Gasteiger partial charge in [-0.1, -0.05) is 173 Å². The standard InChI is InChI=1S/C64H108N8O10/c1-4-6-8-10-12-14-16-18-20-22-27-38-57(74)71-47-31-36-55(71)63(80)69-53(41-40-50(3)73)61(78)66-45-30-29-35-52(60(77)67-46-44-65)68-62(79)54(42-43-59(76)82-49-51-33-25-24-26-34-51)70-64(81)56-37-32-48-72(56)58(75)39-28-23-21-19-17-15-13-11-9-7-5-2/h24-26,33-34,52-56H,4-23,27-32,35-49,65H2,1-3H3,(H,66,78)(H,67,77)(H,68,79)(H,69,80)(H,70,81). The van der Waals surface area contributed by atoms with E-state index >= 15 is 0 Å². The second-order valence-electron chi connectivity index (χ2n) is 23.0. The number of ether oxygens (including phenoxy) is 1. The van der Waals surface area contributed by atoms with E-state index in [9.17, 15) is 43.2 Å². The number of amides is 7. The largest absolute Gasteiger partial charge is 0.461 e. The number of unbranched alkanes of at least 4 members (excludes halogenated alkanes) is 21. The fraction of sp³-hybridized carbons (Fsp3) is 0.766. The number of hydrogen-bond acceptors (Lipinski definition) is 11. The van der Waals surface area contributed by atoms with Gasteiger partial charge in [0.05, 0.1) is 0 Å². The number of ketones is 1. The van der Waals surface area contributed by atoms with Crippen LogP contribution in [-0.4, -0.2) is 126 Å². The maximum absolute atomic E-state index is 14.2. The fourth-order valence-corrected chi connectivity index (χ4v) is 11.0. The molecule has 5 atom stereocenters. The Morgan fingerprint density at radius 3 is 1.39 bits per heavy atom. The molecule has 5 unspecified atom stereocenters. The lowest BCUT2D eigenvalue weighted by atomic mass is 10.0. The third kappa shape index (κ3) is 30.2. The van der Waals surface area contributed by atoms with Crippen LogP contribution in [0.5, 0.6) is 0 Å². The summed E-state index contributed by atoms with van der Waals surface area (Å²) in [7, 11) is 0. The summed E-state index contributed by atoms with van der Waals surface area (Å²) < 4.78 is 5.50. The summed E-state index contributed by atoms with van der Waals surface area (Å²) in [4.78, 5) is 124. The molecule has 2 fully saturated rings. The van der Waals surface area contributed by atoms with Gasteiger partial charge < -0.3 is 51.6 Å². The van der Waals surface area contributed by atoms with Crippen LogP contribution in [0.25, 0.3) is 0 Å². The van der Waals surface area contributed by atoms with Crippen molar-refractivity contribution in [1.29, 1.82) is 0 Å². The van der Waals surface area contributed by atoms with Gasteiger partial charge in [-0.05, 0) is 83.1 Å². The van der Waals surface area contributed by atoms with Gasteiger partial charge >= 0.3 is 5.97 Å². The van der Waals surface area contributed by atoms with E-state index in [2.05, 4.69) is 40.4 Å². The summed E-state index contributed by atoms with van der Waals surface area (Å²) in [5.41, 5.74) is 6.50. The Bertz CT molecular complexity index is 2020. The predicted octanol–water partition coefficient (Wildman–Crippen LogP) is 9.08. The van der Waals surface area contributed by atoms with Crippen molar-refractivity contribution in [3.05, 3.63) is 35.9 Å². The van der Waals surface area contributed by atoms with Crippen molar-refractivity contribution in [2.45, 2.75) is 282 Å². The van der Waals surface area contributed by atoms with E-state index in [4.69, 9.17) is 10.5 Å². The van der Waals surface area contributed by atoms with Gasteiger partial charge in [0.1, 0.15) is 42.6 Å². The fourth-order valence-electron chi connectivity index (χ4n) is 11.0. The minimum Gasteiger partial charge on any atom is -0.461 e. The normalized spacial score (nSPS) is 16.0. The number of nitrogens with two attached hydrogens (primary N) is 1. The highest BCUT2D eigenvalue weighted by Crippen LogP contribution is 2.23. The molecule has 18 heteroatoms. The molecule has 2 aliphatic rings. The Hall–Kier alpha value is -5.39. The first-order valence-electron chi connectivity index (χ1n) is 32.2. The van der Waals surface area contributed by atoms with E-state index in [1.807, 2.05) is 30.3 Å². The first-order valence-corrected chi connectivity index (χ1v) is 32.2. The number of nitrogens with zero attached hydrogens (tertiary/aromatic N) is 2. The maximum atomic E-state index is 14.2. The van der Waals surface area contributed by atoms with Crippen LogP contribution in [0.3, 0.4) is 0 Å². The van der Waals surface area contributed by atoms with Crippen molar-refractivity contribution >= 4 is 53.1 Å². The molecule has 82 heavy (non-hydrogen) atoms. The highest BCUT2D eigenvalue weighted by Gasteiger charge is 2.38. The Labute approximate surface area is 492 Å². The molecule has 1 aromatic rings. The Morgan fingerprint density at radius 2 is 0.927 bits per heavy atom. The van der Waals surface area contributed by atoms with Crippen molar-refractivity contribution < 1.29 is 47.9 Å². The number of nitrogens with one attached hydrogen (secondary N) is 5. The van der Waals surface area contributed by atoms with Crippen molar-refractivity contribution in [3.8, 4) is 0 Å². The maximum Gasteiger partial charge on any atom is 0.306 e. The molecule has 7 amide bonds. The first-order chi connectivity index (χ1) is 39.8. The molecule has 2 saturated heterocycles. The Kier molecular flexibility index (Phi) is 38.2. The molecule has 0 saturated carbocycles. The Balaban J connectivity index is 1.58. The molecule has 0 aromatic heterocycles. The minimum absolute atomic E-state index is 0.0274. The molecule has 1 aromatic carbocycles. The molecule has 464 valence electrons. The van der Waals surface area contributed by atoms with E-state index in [0.717, 1.165) is 56.9 Å². The first kappa shape index (κ1) is 70.9. The summed E-state index contributed by atoms with van der Waals surface area (Å²) in [6, 6.07) is 4.33. The summed E-state index contributed by atoms with van der Waals surface area (Å²) >= 11 is 0. The molecule has 0 spiro atoms. The van der Waals surface area contributed by atoms with Crippen molar-refractivity contribution in [3.63, 3.8) is 0 Å². The molecule has 0 radical (unpaired) electrons. The summed E-state index contributed by atoms with van der Waals surface area (Å²) in [5.74, 6) is -3.48. The second-order valence-corrected chi connectivity index (χ2v) is 23.0. The molecule has 3 rings (SSSR count). The quantitative estimate of drug-likeness (QED) is 0.0265. The highest BCUT2D eigenvalue weighted by molar-refractivity contribution is 5.95. The number of Topliss-reactive ketones (excluding diaryl/α,β-unsaturated/α-hetero) is 1. The predicted molar refractivity (Wildman–Crippen MR) is 322 cm³/mol. The number of likely N-dealkylation sites (tertiary alicyclic amines) is 2. The van der Waals surface area contributed by atoms with E-state index < -0.39 is 65.7 Å². The average molecular weight is 1150 g/mol. The van der Waals surface area contributed by atoms with Crippen LogP contribution in [0, 0.1) is 0 Å². The van der Waals surface area contributed by atoms with Crippen LogP contribution in [-0.2, 0) is 54.5 Å². The van der Waals surface area contributed by atoms with Gasteiger partial charge in [0.25, 0.3) is 0 Å².